The van der Waals surface area contributed by atoms with Gasteiger partial charge >= 0.3 is 0 Å². The van der Waals surface area contributed by atoms with Crippen LogP contribution in [0.5, 0.6) is 0 Å². The molecule has 0 aromatic carbocycles. The summed E-state index contributed by atoms with van der Waals surface area (Å²) in [6.45, 7) is 3.28. The maximum Gasteiger partial charge on any atom is 0.240 e. The van der Waals surface area contributed by atoms with Crippen LogP contribution in [0.25, 0.3) is 0 Å². The molecule has 23 heavy (non-hydrogen) atoms. The molecule has 3 rings (SSSR count). The van der Waals surface area contributed by atoms with E-state index in [1.54, 1.807) is 5.51 Å². The van der Waals surface area contributed by atoms with Gasteiger partial charge in [-0.05, 0) is 18.8 Å². The Kier molecular flexibility index (Phi) is 5.56. The number of aromatic nitrogens is 2. The first-order valence-electron chi connectivity index (χ1n) is 8.27. The Bertz CT molecular complexity index is 522. The molecule has 0 atom stereocenters. The van der Waals surface area contributed by atoms with Crippen LogP contribution >= 0.6 is 11.3 Å². The lowest BCUT2D eigenvalue weighted by Crippen LogP contribution is -2.50. The van der Waals surface area contributed by atoms with E-state index in [0.29, 0.717) is 24.0 Å². The second kappa shape index (κ2) is 7.83. The maximum atomic E-state index is 12.3. The minimum atomic E-state index is -0.0764. The molecule has 8 heteroatoms. The van der Waals surface area contributed by atoms with E-state index in [1.807, 2.05) is 4.90 Å². The van der Waals surface area contributed by atoms with Crippen molar-refractivity contribution in [2.75, 3.05) is 38.0 Å². The third-order valence-electron chi connectivity index (χ3n) is 4.64. The van der Waals surface area contributed by atoms with Crippen LogP contribution in [0.4, 0.5) is 5.13 Å². The largest absolute Gasteiger partial charge is 0.340 e. The van der Waals surface area contributed by atoms with Crippen molar-refractivity contribution in [1.82, 2.24) is 20.0 Å². The van der Waals surface area contributed by atoms with Gasteiger partial charge in [-0.15, -0.1) is 10.2 Å². The molecule has 2 heterocycles. The first-order chi connectivity index (χ1) is 11.2. The Morgan fingerprint density at radius 2 is 1.96 bits per heavy atom. The highest BCUT2D eigenvalue weighted by Gasteiger charge is 2.25. The lowest BCUT2D eigenvalue weighted by molar-refractivity contribution is -0.134. The average molecular weight is 337 g/mol. The summed E-state index contributed by atoms with van der Waals surface area (Å²) in [6, 6.07) is 0. The smallest absolute Gasteiger partial charge is 0.240 e. The summed E-state index contributed by atoms with van der Waals surface area (Å²) < 4.78 is 0. The van der Waals surface area contributed by atoms with Gasteiger partial charge in [0.2, 0.25) is 16.9 Å². The molecule has 126 valence electrons. The number of anilines is 1. The van der Waals surface area contributed by atoms with Crippen molar-refractivity contribution in [3.8, 4) is 0 Å². The monoisotopic (exact) mass is 337 g/mol. The first kappa shape index (κ1) is 16.3. The lowest BCUT2D eigenvalue weighted by atomic mass is 10.0. The number of nitrogens with zero attached hydrogens (tertiary/aromatic N) is 4. The molecule has 1 aromatic rings. The van der Waals surface area contributed by atoms with Crippen LogP contribution in [-0.2, 0) is 9.59 Å². The summed E-state index contributed by atoms with van der Waals surface area (Å²) in [5.41, 5.74) is 1.59. The van der Waals surface area contributed by atoms with Crippen LogP contribution in [0.15, 0.2) is 5.51 Å². The molecule has 1 saturated heterocycles. The van der Waals surface area contributed by atoms with Gasteiger partial charge in [-0.25, -0.2) is 0 Å². The molecule has 0 spiro atoms. The van der Waals surface area contributed by atoms with Crippen molar-refractivity contribution >= 4 is 28.3 Å². The number of piperazine rings is 1. The Labute approximate surface area is 140 Å². The highest BCUT2D eigenvalue weighted by atomic mass is 32.1. The van der Waals surface area contributed by atoms with Crippen LogP contribution in [0.1, 0.15) is 32.1 Å². The number of carbonyl (C=O) groups is 2. The van der Waals surface area contributed by atoms with E-state index in [-0.39, 0.29) is 11.8 Å². The summed E-state index contributed by atoms with van der Waals surface area (Å²) in [7, 11) is 0. The van der Waals surface area contributed by atoms with Gasteiger partial charge in [0.1, 0.15) is 5.51 Å². The number of hydrogen-bond donors (Lipinski definition) is 1. The number of nitrogens with one attached hydrogen (secondary N) is 1. The Morgan fingerprint density at radius 1 is 1.22 bits per heavy atom. The third-order valence-corrected chi connectivity index (χ3v) is 5.24. The van der Waals surface area contributed by atoms with E-state index < -0.39 is 0 Å². The molecular formula is C15H23N5O2S. The van der Waals surface area contributed by atoms with Crippen LogP contribution in [-0.4, -0.2) is 64.5 Å². The second-order valence-corrected chi connectivity index (χ2v) is 7.14. The summed E-state index contributed by atoms with van der Waals surface area (Å²) in [6.07, 6.45) is 5.66. The van der Waals surface area contributed by atoms with Crippen molar-refractivity contribution in [3.05, 3.63) is 5.51 Å². The van der Waals surface area contributed by atoms with Crippen molar-refractivity contribution in [1.29, 1.82) is 0 Å². The fourth-order valence-corrected chi connectivity index (χ4v) is 3.80. The summed E-state index contributed by atoms with van der Waals surface area (Å²) >= 11 is 1.31. The van der Waals surface area contributed by atoms with Crippen LogP contribution < -0.4 is 5.32 Å². The van der Waals surface area contributed by atoms with Gasteiger partial charge < -0.3 is 4.90 Å². The number of carbonyl (C=O) groups excluding carboxylic acids is 2. The predicted octanol–water partition coefficient (Wildman–Crippen LogP) is 1.20. The van der Waals surface area contributed by atoms with Crippen molar-refractivity contribution in [2.24, 2.45) is 5.92 Å². The molecule has 1 aromatic heterocycles. The lowest BCUT2D eigenvalue weighted by Gasteiger charge is -2.34. The van der Waals surface area contributed by atoms with E-state index >= 15 is 0 Å². The molecule has 7 nitrogen and oxygen atoms in total. The zero-order valence-corrected chi connectivity index (χ0v) is 14.1. The highest BCUT2D eigenvalue weighted by Crippen LogP contribution is 2.28. The van der Waals surface area contributed by atoms with Gasteiger partial charge in [0.05, 0.1) is 6.54 Å². The summed E-state index contributed by atoms with van der Waals surface area (Å²) in [5.74, 6) is 0.806. The molecule has 2 amide bonds. The zero-order valence-electron chi connectivity index (χ0n) is 13.2. The Balaban J connectivity index is 1.37. The minimum absolute atomic E-state index is 0.0764. The second-order valence-electron chi connectivity index (χ2n) is 6.30. The summed E-state index contributed by atoms with van der Waals surface area (Å²) in [5, 5.41) is 10.8. The zero-order chi connectivity index (χ0) is 16.1. The number of amides is 2. The van der Waals surface area contributed by atoms with E-state index in [1.165, 1.54) is 37.0 Å². The molecule has 0 unspecified atom stereocenters. The van der Waals surface area contributed by atoms with E-state index in [0.717, 1.165) is 26.2 Å². The maximum absolute atomic E-state index is 12.3. The molecule has 0 radical (unpaired) electrons. The summed E-state index contributed by atoms with van der Waals surface area (Å²) in [4.78, 5) is 28.3. The molecule has 1 N–H and O–H groups in total. The molecule has 0 bridgehead atoms. The SMILES string of the molecule is O=C(CN1CCN(C(=O)CC2CCCC2)CC1)Nc1nncs1. The van der Waals surface area contributed by atoms with Crippen molar-refractivity contribution in [3.63, 3.8) is 0 Å². The van der Waals surface area contributed by atoms with E-state index in [2.05, 4.69) is 20.4 Å². The van der Waals surface area contributed by atoms with Gasteiger partial charge in [0.15, 0.2) is 0 Å². The molecule has 2 fully saturated rings. The predicted molar refractivity (Wildman–Crippen MR) is 88.1 cm³/mol. The van der Waals surface area contributed by atoms with Gasteiger partial charge in [0, 0.05) is 32.6 Å². The number of rotatable bonds is 5. The van der Waals surface area contributed by atoms with Gasteiger partial charge in [-0.2, -0.15) is 0 Å². The van der Waals surface area contributed by atoms with Crippen LogP contribution in [0, 0.1) is 5.92 Å². The third kappa shape index (κ3) is 4.71. The van der Waals surface area contributed by atoms with Crippen molar-refractivity contribution in [2.45, 2.75) is 32.1 Å². The molecule has 1 aliphatic heterocycles. The number of hydrogen-bond acceptors (Lipinski definition) is 6. The standard InChI is InChI=1S/C15H23N5O2S/c21-13(17-15-18-16-11-23-15)10-19-5-7-20(8-6-19)14(22)9-12-3-1-2-4-12/h11-12H,1-10H2,(H,17,18,21). The van der Waals surface area contributed by atoms with Crippen LogP contribution in [0.3, 0.4) is 0 Å². The van der Waals surface area contributed by atoms with E-state index in [9.17, 15) is 9.59 Å². The van der Waals surface area contributed by atoms with E-state index in [4.69, 9.17) is 0 Å². The highest BCUT2D eigenvalue weighted by molar-refractivity contribution is 7.13. The molecule has 1 aliphatic carbocycles. The minimum Gasteiger partial charge on any atom is -0.340 e. The van der Waals surface area contributed by atoms with Crippen molar-refractivity contribution < 1.29 is 9.59 Å². The van der Waals surface area contributed by atoms with Gasteiger partial charge in [-0.1, -0.05) is 24.2 Å². The molecule has 2 aliphatic rings. The normalized spacial score (nSPS) is 19.9. The fourth-order valence-electron chi connectivity index (χ4n) is 3.34. The first-order valence-corrected chi connectivity index (χ1v) is 9.15. The van der Waals surface area contributed by atoms with Gasteiger partial charge in [0.25, 0.3) is 0 Å². The van der Waals surface area contributed by atoms with Crippen LogP contribution in [0.2, 0.25) is 0 Å². The van der Waals surface area contributed by atoms with Gasteiger partial charge in [-0.3, -0.25) is 19.8 Å². The fraction of sp³-hybridized carbons (Fsp3) is 0.733. The average Bonchev–Trinajstić information content (AvgIpc) is 3.21. The quantitative estimate of drug-likeness (QED) is 0.873. The molecular weight excluding hydrogens is 314 g/mol. The topological polar surface area (TPSA) is 78.4 Å². The molecule has 1 saturated carbocycles. The Morgan fingerprint density at radius 3 is 2.61 bits per heavy atom. The Hall–Kier alpha value is -1.54.